The Morgan fingerprint density at radius 1 is 1.19 bits per heavy atom. The molecule has 0 aliphatic carbocycles. The molecule has 1 fully saturated rings. The molecule has 0 atom stereocenters. The number of hydrogen-bond acceptors (Lipinski definition) is 7. The lowest BCUT2D eigenvalue weighted by Gasteiger charge is -2.29. The van der Waals surface area contributed by atoms with Gasteiger partial charge in [0.25, 0.3) is 5.69 Å². The van der Waals surface area contributed by atoms with E-state index in [9.17, 15) is 31.7 Å². The first-order chi connectivity index (χ1) is 12.6. The van der Waals surface area contributed by atoms with Gasteiger partial charge >= 0.3 is 12.1 Å². The summed E-state index contributed by atoms with van der Waals surface area (Å²) >= 11 is 0. The highest BCUT2D eigenvalue weighted by atomic mass is 32.2. The minimum absolute atomic E-state index is 0.0389. The third kappa shape index (κ3) is 3.78. The van der Waals surface area contributed by atoms with Gasteiger partial charge in [-0.05, 0) is 18.9 Å². The van der Waals surface area contributed by atoms with Gasteiger partial charge in [-0.2, -0.15) is 17.5 Å². The van der Waals surface area contributed by atoms with Crippen LogP contribution in [-0.2, 0) is 16.2 Å². The number of sulfonamides is 1. The number of nitrogens with zero attached hydrogens (tertiary/aromatic N) is 4. The summed E-state index contributed by atoms with van der Waals surface area (Å²) < 4.78 is 68.7. The Hall–Kier alpha value is -2.54. The molecule has 2 heterocycles. The van der Waals surface area contributed by atoms with Gasteiger partial charge in [0.05, 0.1) is 4.92 Å². The van der Waals surface area contributed by atoms with Crippen LogP contribution in [0.15, 0.2) is 33.6 Å². The smallest absolute Gasteiger partial charge is 0.417 e. The van der Waals surface area contributed by atoms with Crippen molar-refractivity contribution in [2.45, 2.75) is 29.8 Å². The molecule has 1 aromatic carbocycles. The maximum atomic E-state index is 12.7. The zero-order valence-electron chi connectivity index (χ0n) is 13.6. The van der Waals surface area contributed by atoms with Gasteiger partial charge in [0.15, 0.2) is 4.90 Å². The number of benzene rings is 1. The molecule has 146 valence electrons. The quantitative estimate of drug-likeness (QED) is 0.565. The second-order valence-electron chi connectivity index (χ2n) is 5.85. The van der Waals surface area contributed by atoms with E-state index < -0.39 is 43.5 Å². The number of rotatable bonds is 4. The van der Waals surface area contributed by atoms with Crippen molar-refractivity contribution in [1.82, 2.24) is 14.5 Å². The largest absolute Gasteiger partial charge is 0.470 e. The second kappa shape index (κ2) is 6.88. The Morgan fingerprint density at radius 2 is 1.81 bits per heavy atom. The van der Waals surface area contributed by atoms with Crippen molar-refractivity contribution in [3.8, 4) is 0 Å². The molecule has 0 bridgehead atoms. The van der Waals surface area contributed by atoms with E-state index >= 15 is 0 Å². The van der Waals surface area contributed by atoms with E-state index in [-0.39, 0.29) is 31.8 Å². The summed E-state index contributed by atoms with van der Waals surface area (Å²) in [5, 5.41) is 17.4. The molecule has 1 aliphatic heterocycles. The third-order valence-corrected chi connectivity index (χ3v) is 6.11. The first kappa shape index (κ1) is 19.2. The molecule has 1 saturated heterocycles. The van der Waals surface area contributed by atoms with Crippen LogP contribution in [0.25, 0.3) is 0 Å². The van der Waals surface area contributed by atoms with Gasteiger partial charge in [-0.15, -0.1) is 10.2 Å². The first-order valence-electron chi connectivity index (χ1n) is 7.75. The molecular weight excluding hydrogens is 393 g/mol. The Bertz CT molecular complexity index is 952. The summed E-state index contributed by atoms with van der Waals surface area (Å²) in [7, 11) is -4.12. The summed E-state index contributed by atoms with van der Waals surface area (Å²) in [6, 6.07) is 4.98. The van der Waals surface area contributed by atoms with E-state index in [1.165, 1.54) is 12.1 Å². The van der Waals surface area contributed by atoms with Crippen LogP contribution in [0.4, 0.5) is 18.9 Å². The molecule has 0 N–H and O–H groups in total. The monoisotopic (exact) mass is 406 g/mol. The molecule has 0 amide bonds. The maximum absolute atomic E-state index is 12.7. The fraction of sp³-hybridized carbons (Fsp3) is 0.429. The number of alkyl halides is 3. The highest BCUT2D eigenvalue weighted by Gasteiger charge is 2.40. The van der Waals surface area contributed by atoms with Gasteiger partial charge in [0, 0.05) is 25.1 Å². The average molecular weight is 406 g/mol. The summed E-state index contributed by atoms with van der Waals surface area (Å²) in [5.74, 6) is -2.18. The van der Waals surface area contributed by atoms with Crippen LogP contribution in [0.2, 0.25) is 0 Å². The molecule has 1 aromatic heterocycles. The third-order valence-electron chi connectivity index (χ3n) is 4.17. The van der Waals surface area contributed by atoms with Crippen LogP contribution in [0.1, 0.15) is 30.5 Å². The van der Waals surface area contributed by atoms with Crippen molar-refractivity contribution in [2.75, 3.05) is 13.1 Å². The van der Waals surface area contributed by atoms with E-state index in [1.807, 2.05) is 0 Å². The molecule has 1 aliphatic rings. The Balaban J connectivity index is 1.76. The maximum Gasteiger partial charge on any atom is 0.470 e. The van der Waals surface area contributed by atoms with Gasteiger partial charge < -0.3 is 4.42 Å². The van der Waals surface area contributed by atoms with Crippen molar-refractivity contribution in [3.05, 3.63) is 46.2 Å². The van der Waals surface area contributed by atoms with Crippen molar-refractivity contribution in [1.29, 1.82) is 0 Å². The van der Waals surface area contributed by atoms with E-state index in [4.69, 9.17) is 0 Å². The standard InChI is InChI=1S/C14H13F3N4O5S/c15-14(16,17)13-19-18-12(26-13)9-5-7-20(8-6-9)27(24,25)11-4-2-1-3-10(11)21(22)23/h1-4,9H,5-8H2. The van der Waals surface area contributed by atoms with E-state index in [0.717, 1.165) is 16.4 Å². The topological polar surface area (TPSA) is 119 Å². The van der Waals surface area contributed by atoms with Crippen molar-refractivity contribution in [3.63, 3.8) is 0 Å². The summed E-state index contributed by atoms with van der Waals surface area (Å²) in [6.07, 6.45) is -4.44. The molecule has 27 heavy (non-hydrogen) atoms. The Kier molecular flexibility index (Phi) is 4.90. The number of aromatic nitrogens is 2. The normalized spacial score (nSPS) is 17.1. The molecular formula is C14H13F3N4O5S. The molecule has 0 radical (unpaired) electrons. The second-order valence-corrected chi connectivity index (χ2v) is 7.75. The number of nitro benzene ring substituents is 1. The lowest BCUT2D eigenvalue weighted by Crippen LogP contribution is -2.38. The lowest BCUT2D eigenvalue weighted by atomic mass is 9.98. The number of para-hydroxylation sites is 1. The van der Waals surface area contributed by atoms with Crippen LogP contribution in [-0.4, -0.2) is 40.9 Å². The number of piperidine rings is 1. The molecule has 0 unspecified atom stereocenters. The van der Waals surface area contributed by atoms with Gasteiger partial charge in [0.2, 0.25) is 15.9 Å². The summed E-state index contributed by atoms with van der Waals surface area (Å²) in [6.45, 7) is -0.0778. The highest BCUT2D eigenvalue weighted by Crippen LogP contribution is 2.34. The zero-order chi connectivity index (χ0) is 19.8. The van der Waals surface area contributed by atoms with Crippen LogP contribution in [0, 0.1) is 10.1 Å². The number of hydrogen-bond donors (Lipinski definition) is 0. The van der Waals surface area contributed by atoms with Crippen LogP contribution < -0.4 is 0 Å². The van der Waals surface area contributed by atoms with Crippen LogP contribution >= 0.6 is 0 Å². The predicted octanol–water partition coefficient (Wildman–Crippen LogP) is 2.56. The SMILES string of the molecule is O=[N+]([O-])c1ccccc1S(=O)(=O)N1CCC(c2nnc(C(F)(F)F)o2)CC1. The van der Waals surface area contributed by atoms with Gasteiger partial charge in [-0.3, -0.25) is 10.1 Å². The van der Waals surface area contributed by atoms with Gasteiger partial charge in [-0.25, -0.2) is 8.42 Å². The van der Waals surface area contributed by atoms with E-state index in [0.29, 0.717) is 0 Å². The number of halogens is 3. The zero-order valence-corrected chi connectivity index (χ0v) is 14.4. The molecule has 0 saturated carbocycles. The first-order valence-corrected chi connectivity index (χ1v) is 9.19. The van der Waals surface area contributed by atoms with Crippen molar-refractivity contribution >= 4 is 15.7 Å². The number of nitro groups is 1. The average Bonchev–Trinajstić information content (AvgIpc) is 3.12. The van der Waals surface area contributed by atoms with Crippen molar-refractivity contribution in [2.24, 2.45) is 0 Å². The molecule has 9 nitrogen and oxygen atoms in total. The summed E-state index contributed by atoms with van der Waals surface area (Å²) in [4.78, 5) is 9.87. The molecule has 3 rings (SSSR count). The van der Waals surface area contributed by atoms with Crippen molar-refractivity contribution < 1.29 is 30.9 Å². The minimum atomic E-state index is -4.75. The molecule has 13 heteroatoms. The van der Waals surface area contributed by atoms with Crippen LogP contribution in [0.5, 0.6) is 0 Å². The molecule has 2 aromatic rings. The van der Waals surface area contributed by atoms with E-state index in [2.05, 4.69) is 14.6 Å². The Morgan fingerprint density at radius 3 is 2.37 bits per heavy atom. The highest BCUT2D eigenvalue weighted by molar-refractivity contribution is 7.89. The van der Waals surface area contributed by atoms with Gasteiger partial charge in [0.1, 0.15) is 0 Å². The van der Waals surface area contributed by atoms with Crippen LogP contribution in [0.3, 0.4) is 0 Å². The fourth-order valence-electron chi connectivity index (χ4n) is 2.82. The predicted molar refractivity (Wildman–Crippen MR) is 83.1 cm³/mol. The lowest BCUT2D eigenvalue weighted by molar-refractivity contribution is -0.387. The minimum Gasteiger partial charge on any atom is -0.417 e. The Labute approximate surface area is 151 Å². The summed E-state index contributed by atoms with van der Waals surface area (Å²) in [5.41, 5.74) is -0.536. The van der Waals surface area contributed by atoms with Gasteiger partial charge in [-0.1, -0.05) is 12.1 Å². The molecule has 0 spiro atoms. The fourth-order valence-corrected chi connectivity index (χ4v) is 4.45. The van der Waals surface area contributed by atoms with E-state index in [1.54, 1.807) is 0 Å².